The summed E-state index contributed by atoms with van der Waals surface area (Å²) in [5.74, 6) is -4.62. The summed E-state index contributed by atoms with van der Waals surface area (Å²) in [4.78, 5) is 0. The lowest BCUT2D eigenvalue weighted by atomic mass is 9.88. The van der Waals surface area contributed by atoms with E-state index in [2.05, 4.69) is 6.92 Å². The van der Waals surface area contributed by atoms with Gasteiger partial charge in [0.1, 0.15) is 0 Å². The van der Waals surface area contributed by atoms with E-state index < -0.39 is 23.3 Å². The van der Waals surface area contributed by atoms with Crippen molar-refractivity contribution >= 4 is 0 Å². The molecule has 0 radical (unpaired) electrons. The number of halogens is 4. The van der Waals surface area contributed by atoms with Crippen LogP contribution < -0.4 is 0 Å². The zero-order valence-corrected chi connectivity index (χ0v) is 21.1. The fraction of sp³-hybridized carbons (Fsp3) is 0.586. The van der Waals surface area contributed by atoms with E-state index in [9.17, 15) is 4.39 Å². The lowest BCUT2D eigenvalue weighted by Gasteiger charge is -2.29. The number of ether oxygens (including phenoxy) is 3. The summed E-state index contributed by atoms with van der Waals surface area (Å²) in [6.07, 6.45) is 6.19. The fourth-order valence-corrected chi connectivity index (χ4v) is 5.37. The van der Waals surface area contributed by atoms with Crippen molar-refractivity contribution in [3.8, 4) is 11.1 Å². The predicted molar refractivity (Wildman–Crippen MR) is 131 cm³/mol. The van der Waals surface area contributed by atoms with Crippen molar-refractivity contribution in [2.75, 3.05) is 19.8 Å². The van der Waals surface area contributed by atoms with Crippen LogP contribution in [0.1, 0.15) is 75.8 Å². The van der Waals surface area contributed by atoms with Crippen LogP contribution >= 0.6 is 0 Å². The third kappa shape index (κ3) is 6.12. The third-order valence-corrected chi connectivity index (χ3v) is 7.45. The van der Waals surface area contributed by atoms with Crippen molar-refractivity contribution in [1.29, 1.82) is 0 Å². The van der Waals surface area contributed by atoms with Crippen molar-refractivity contribution < 1.29 is 31.8 Å². The van der Waals surface area contributed by atoms with Gasteiger partial charge in [-0.1, -0.05) is 37.6 Å². The molecule has 3 nitrogen and oxygen atoms in total. The van der Waals surface area contributed by atoms with Crippen LogP contribution in [0.3, 0.4) is 0 Å². The first-order valence-electron chi connectivity index (χ1n) is 13.2. The first-order valence-corrected chi connectivity index (χ1v) is 13.2. The highest BCUT2D eigenvalue weighted by atomic mass is 19.2. The Hall–Kier alpha value is -1.96. The molecule has 4 unspecified atom stereocenters. The van der Waals surface area contributed by atoms with Crippen molar-refractivity contribution in [1.82, 2.24) is 0 Å². The molecule has 2 aliphatic heterocycles. The maximum atomic E-state index is 15.1. The first kappa shape index (κ1) is 27.1. The SMILES string of the molecule is CCCC1CCC(c2ccc(-c3ccc(CCC4CCC(OCC)CO4)c(F)c3F)c(F)c2F)CO1. The summed E-state index contributed by atoms with van der Waals surface area (Å²) < 4.78 is 77.1. The van der Waals surface area contributed by atoms with Gasteiger partial charge in [0.15, 0.2) is 23.3 Å². The van der Waals surface area contributed by atoms with Gasteiger partial charge in [-0.15, -0.1) is 0 Å². The molecule has 7 heteroatoms. The summed E-state index contributed by atoms with van der Waals surface area (Å²) in [5, 5.41) is 0. The van der Waals surface area contributed by atoms with Crippen LogP contribution in [0.5, 0.6) is 0 Å². The molecular formula is C29H36F4O3. The van der Waals surface area contributed by atoms with E-state index in [1.807, 2.05) is 6.92 Å². The lowest BCUT2D eigenvalue weighted by molar-refractivity contribution is -0.0843. The first-order chi connectivity index (χ1) is 17.4. The van der Waals surface area contributed by atoms with E-state index in [0.29, 0.717) is 39.1 Å². The lowest BCUT2D eigenvalue weighted by Crippen LogP contribution is -2.31. The molecule has 0 bridgehead atoms. The number of hydrogen-bond donors (Lipinski definition) is 0. The van der Waals surface area contributed by atoms with Gasteiger partial charge in [0.2, 0.25) is 0 Å². The topological polar surface area (TPSA) is 27.7 Å². The number of rotatable bonds is 9. The van der Waals surface area contributed by atoms with Gasteiger partial charge < -0.3 is 14.2 Å². The van der Waals surface area contributed by atoms with Gasteiger partial charge in [0, 0.05) is 23.7 Å². The van der Waals surface area contributed by atoms with Crippen LogP contribution in [0, 0.1) is 23.3 Å². The van der Waals surface area contributed by atoms with E-state index in [-0.39, 0.29) is 46.5 Å². The van der Waals surface area contributed by atoms with E-state index in [1.165, 1.54) is 24.3 Å². The number of aryl methyl sites for hydroxylation is 1. The molecule has 198 valence electrons. The van der Waals surface area contributed by atoms with Crippen molar-refractivity contribution in [3.05, 3.63) is 58.7 Å². The van der Waals surface area contributed by atoms with Gasteiger partial charge in [0.05, 0.1) is 31.5 Å². The molecule has 2 fully saturated rings. The van der Waals surface area contributed by atoms with Gasteiger partial charge in [-0.3, -0.25) is 0 Å². The smallest absolute Gasteiger partial charge is 0.167 e. The van der Waals surface area contributed by atoms with Gasteiger partial charge in [-0.25, -0.2) is 17.6 Å². The molecule has 2 aliphatic rings. The minimum atomic E-state index is -1.16. The maximum Gasteiger partial charge on any atom is 0.167 e. The molecule has 36 heavy (non-hydrogen) atoms. The standard InChI is InChI=1S/C29H36F4O3/c1-3-5-20-10-7-19(16-35-20)23-14-15-25(29(33)27(23)31)24-13-8-18(26(30)28(24)32)6-9-21-11-12-22(17-36-21)34-4-2/h8,13-15,19-22H,3-7,9-12,16-17H2,1-2H3. The molecule has 2 aromatic carbocycles. The largest absolute Gasteiger partial charge is 0.378 e. The van der Waals surface area contributed by atoms with Crippen LogP contribution in [-0.2, 0) is 20.6 Å². The Morgan fingerprint density at radius 1 is 0.750 bits per heavy atom. The molecule has 2 heterocycles. The fourth-order valence-electron chi connectivity index (χ4n) is 5.37. The number of hydrogen-bond acceptors (Lipinski definition) is 3. The van der Waals surface area contributed by atoms with Gasteiger partial charge >= 0.3 is 0 Å². The van der Waals surface area contributed by atoms with E-state index >= 15 is 13.2 Å². The molecule has 0 aliphatic carbocycles. The molecule has 4 atom stereocenters. The monoisotopic (exact) mass is 508 g/mol. The molecular weight excluding hydrogens is 472 g/mol. The highest BCUT2D eigenvalue weighted by Gasteiger charge is 2.28. The van der Waals surface area contributed by atoms with Crippen LogP contribution in [0.4, 0.5) is 17.6 Å². The van der Waals surface area contributed by atoms with E-state index in [0.717, 1.165) is 32.1 Å². The van der Waals surface area contributed by atoms with Crippen LogP contribution in [0.25, 0.3) is 11.1 Å². The molecule has 0 N–H and O–H groups in total. The predicted octanol–water partition coefficient (Wildman–Crippen LogP) is 7.49. The summed E-state index contributed by atoms with van der Waals surface area (Å²) in [6.45, 7) is 5.49. The second-order valence-corrected chi connectivity index (χ2v) is 9.90. The quantitative estimate of drug-likeness (QED) is 0.329. The Morgan fingerprint density at radius 2 is 1.42 bits per heavy atom. The Morgan fingerprint density at radius 3 is 2.06 bits per heavy atom. The molecule has 0 aromatic heterocycles. The Balaban J connectivity index is 1.43. The minimum absolute atomic E-state index is 0.0380. The zero-order chi connectivity index (χ0) is 25.7. The second-order valence-electron chi connectivity index (χ2n) is 9.90. The van der Waals surface area contributed by atoms with Crippen LogP contribution in [-0.4, -0.2) is 38.1 Å². The normalized spacial score (nSPS) is 24.7. The Labute approximate surface area is 211 Å². The molecule has 4 rings (SSSR count). The summed E-state index contributed by atoms with van der Waals surface area (Å²) in [6, 6.07) is 5.60. The molecule has 2 saturated heterocycles. The third-order valence-electron chi connectivity index (χ3n) is 7.45. The average Bonchev–Trinajstić information content (AvgIpc) is 2.89. The summed E-state index contributed by atoms with van der Waals surface area (Å²) in [5.41, 5.74) is -0.138. The highest BCUT2D eigenvalue weighted by molar-refractivity contribution is 5.66. The van der Waals surface area contributed by atoms with Crippen molar-refractivity contribution in [3.63, 3.8) is 0 Å². The maximum absolute atomic E-state index is 15.1. The van der Waals surface area contributed by atoms with Crippen LogP contribution in [0.15, 0.2) is 24.3 Å². The van der Waals surface area contributed by atoms with E-state index in [1.54, 1.807) is 0 Å². The molecule has 0 amide bonds. The minimum Gasteiger partial charge on any atom is -0.378 e. The highest BCUT2D eigenvalue weighted by Crippen LogP contribution is 2.36. The summed E-state index contributed by atoms with van der Waals surface area (Å²) in [7, 11) is 0. The summed E-state index contributed by atoms with van der Waals surface area (Å²) >= 11 is 0. The van der Waals surface area contributed by atoms with Gasteiger partial charge in [-0.05, 0) is 63.0 Å². The average molecular weight is 509 g/mol. The Kier molecular flexibility index (Phi) is 9.42. The molecule has 2 aromatic rings. The Bertz CT molecular complexity index is 1010. The van der Waals surface area contributed by atoms with Crippen LogP contribution in [0.2, 0.25) is 0 Å². The van der Waals surface area contributed by atoms with Gasteiger partial charge in [0.25, 0.3) is 0 Å². The van der Waals surface area contributed by atoms with E-state index in [4.69, 9.17) is 14.2 Å². The molecule has 0 saturated carbocycles. The second kappa shape index (κ2) is 12.5. The molecule has 0 spiro atoms. The van der Waals surface area contributed by atoms with Crippen molar-refractivity contribution in [2.24, 2.45) is 0 Å². The van der Waals surface area contributed by atoms with Crippen molar-refractivity contribution in [2.45, 2.75) is 89.4 Å². The number of benzene rings is 2. The zero-order valence-electron chi connectivity index (χ0n) is 21.1. The van der Waals surface area contributed by atoms with Gasteiger partial charge in [-0.2, -0.15) is 0 Å².